The van der Waals surface area contributed by atoms with E-state index in [4.69, 9.17) is 18.7 Å². The van der Waals surface area contributed by atoms with Crippen molar-refractivity contribution in [2.75, 3.05) is 19.0 Å². The zero-order valence-electron chi connectivity index (χ0n) is 16.5. The normalized spacial score (nSPS) is 11.6. The largest absolute Gasteiger partial charge is 0.494 e. The average molecular weight is 397 g/mol. The molecular formula is C21H23N3O5. The van der Waals surface area contributed by atoms with E-state index in [0.29, 0.717) is 24.0 Å². The summed E-state index contributed by atoms with van der Waals surface area (Å²) >= 11 is 0. The van der Waals surface area contributed by atoms with E-state index >= 15 is 0 Å². The molecule has 0 bridgehead atoms. The Kier molecular flexibility index (Phi) is 6.67. The number of amides is 1. The molecule has 3 rings (SSSR count). The SMILES string of the molecule is CCCOc1ccc(-c2nc(NC(=O)[C@H](C)Oc3ccccc3OC)no2)cc1. The molecule has 1 aromatic heterocycles. The highest BCUT2D eigenvalue weighted by molar-refractivity contribution is 5.92. The van der Waals surface area contributed by atoms with Gasteiger partial charge in [-0.05, 0) is 54.9 Å². The summed E-state index contributed by atoms with van der Waals surface area (Å²) < 4.78 is 21.7. The molecule has 0 unspecified atom stereocenters. The van der Waals surface area contributed by atoms with Gasteiger partial charge in [-0.1, -0.05) is 19.1 Å². The van der Waals surface area contributed by atoms with Crippen LogP contribution in [0.25, 0.3) is 11.5 Å². The lowest BCUT2D eigenvalue weighted by molar-refractivity contribution is -0.122. The number of carbonyl (C=O) groups is 1. The first kappa shape index (κ1) is 20.2. The molecule has 0 aliphatic heterocycles. The Hall–Kier alpha value is -3.55. The number of benzene rings is 2. The van der Waals surface area contributed by atoms with Gasteiger partial charge in [0.15, 0.2) is 17.6 Å². The number of para-hydroxylation sites is 2. The van der Waals surface area contributed by atoms with E-state index in [0.717, 1.165) is 17.7 Å². The molecule has 0 radical (unpaired) electrons. The molecule has 152 valence electrons. The van der Waals surface area contributed by atoms with Crippen LogP contribution in [-0.4, -0.2) is 35.9 Å². The van der Waals surface area contributed by atoms with E-state index in [1.807, 2.05) is 37.3 Å². The molecule has 0 aliphatic rings. The molecule has 8 nitrogen and oxygen atoms in total. The summed E-state index contributed by atoms with van der Waals surface area (Å²) in [6.45, 7) is 4.33. The minimum Gasteiger partial charge on any atom is -0.494 e. The monoisotopic (exact) mass is 397 g/mol. The Morgan fingerprint density at radius 2 is 1.86 bits per heavy atom. The van der Waals surface area contributed by atoms with Gasteiger partial charge in [0.2, 0.25) is 0 Å². The Morgan fingerprint density at radius 3 is 2.55 bits per heavy atom. The molecule has 0 saturated heterocycles. The van der Waals surface area contributed by atoms with Crippen molar-refractivity contribution in [3.63, 3.8) is 0 Å². The van der Waals surface area contributed by atoms with Crippen molar-refractivity contribution in [2.24, 2.45) is 0 Å². The maximum atomic E-state index is 12.4. The molecule has 1 N–H and O–H groups in total. The van der Waals surface area contributed by atoms with Gasteiger partial charge in [0.1, 0.15) is 5.75 Å². The third kappa shape index (κ3) is 5.25. The van der Waals surface area contributed by atoms with Crippen molar-refractivity contribution in [1.29, 1.82) is 0 Å². The fourth-order valence-corrected chi connectivity index (χ4v) is 2.48. The minimum absolute atomic E-state index is 0.0618. The zero-order valence-corrected chi connectivity index (χ0v) is 16.5. The summed E-state index contributed by atoms with van der Waals surface area (Å²) in [5, 5.41) is 6.38. The highest BCUT2D eigenvalue weighted by Gasteiger charge is 2.19. The van der Waals surface area contributed by atoms with Gasteiger partial charge in [-0.15, -0.1) is 0 Å². The van der Waals surface area contributed by atoms with Gasteiger partial charge < -0.3 is 18.7 Å². The van der Waals surface area contributed by atoms with Crippen LogP contribution in [0.2, 0.25) is 0 Å². The second kappa shape index (κ2) is 9.59. The lowest BCUT2D eigenvalue weighted by atomic mass is 10.2. The first-order chi connectivity index (χ1) is 14.1. The smallest absolute Gasteiger partial charge is 0.270 e. The summed E-state index contributed by atoms with van der Waals surface area (Å²) in [4.78, 5) is 16.6. The third-order valence-corrected chi connectivity index (χ3v) is 3.98. The quantitative estimate of drug-likeness (QED) is 0.584. The highest BCUT2D eigenvalue weighted by Crippen LogP contribution is 2.27. The number of methoxy groups -OCH3 is 1. The Labute approximate surface area is 168 Å². The minimum atomic E-state index is -0.789. The molecule has 1 atom stereocenters. The third-order valence-electron chi connectivity index (χ3n) is 3.98. The van der Waals surface area contributed by atoms with Gasteiger partial charge in [-0.3, -0.25) is 10.1 Å². The number of ether oxygens (including phenoxy) is 3. The first-order valence-corrected chi connectivity index (χ1v) is 9.28. The number of aromatic nitrogens is 2. The van der Waals surface area contributed by atoms with E-state index < -0.39 is 12.0 Å². The molecule has 2 aromatic carbocycles. The lowest BCUT2D eigenvalue weighted by Crippen LogP contribution is -2.30. The van der Waals surface area contributed by atoms with Crippen molar-refractivity contribution in [2.45, 2.75) is 26.4 Å². The first-order valence-electron chi connectivity index (χ1n) is 9.28. The van der Waals surface area contributed by atoms with Gasteiger partial charge in [-0.25, -0.2) is 0 Å². The van der Waals surface area contributed by atoms with Crippen molar-refractivity contribution in [1.82, 2.24) is 10.1 Å². The number of carbonyl (C=O) groups excluding carboxylic acids is 1. The van der Waals surface area contributed by atoms with Crippen molar-refractivity contribution in [3.05, 3.63) is 48.5 Å². The molecule has 1 heterocycles. The second-order valence-corrected chi connectivity index (χ2v) is 6.20. The van der Waals surface area contributed by atoms with Gasteiger partial charge >= 0.3 is 0 Å². The Morgan fingerprint density at radius 1 is 1.14 bits per heavy atom. The van der Waals surface area contributed by atoms with Crippen LogP contribution < -0.4 is 19.5 Å². The molecule has 0 saturated carbocycles. The maximum Gasteiger partial charge on any atom is 0.270 e. The number of hydrogen-bond acceptors (Lipinski definition) is 7. The molecule has 8 heteroatoms. The van der Waals surface area contributed by atoms with Crippen molar-refractivity contribution >= 4 is 11.9 Å². The zero-order chi connectivity index (χ0) is 20.6. The molecule has 1 amide bonds. The number of rotatable bonds is 9. The predicted octanol–water partition coefficient (Wildman–Crippen LogP) is 3.94. The maximum absolute atomic E-state index is 12.4. The predicted molar refractivity (Wildman–Crippen MR) is 107 cm³/mol. The van der Waals surface area contributed by atoms with Crippen LogP contribution in [0.5, 0.6) is 17.2 Å². The van der Waals surface area contributed by atoms with Crippen LogP contribution in [0.1, 0.15) is 20.3 Å². The van der Waals surface area contributed by atoms with Crippen LogP contribution in [0.4, 0.5) is 5.95 Å². The number of hydrogen-bond donors (Lipinski definition) is 1. The number of anilines is 1. The lowest BCUT2D eigenvalue weighted by Gasteiger charge is -2.15. The topological polar surface area (TPSA) is 95.7 Å². The van der Waals surface area contributed by atoms with Crippen LogP contribution in [-0.2, 0) is 4.79 Å². The van der Waals surface area contributed by atoms with Crippen molar-refractivity contribution < 1.29 is 23.5 Å². The summed E-state index contributed by atoms with van der Waals surface area (Å²) in [5.74, 6) is 1.72. The number of nitrogens with one attached hydrogen (secondary N) is 1. The van der Waals surface area contributed by atoms with Crippen molar-refractivity contribution in [3.8, 4) is 28.7 Å². The van der Waals surface area contributed by atoms with E-state index in [9.17, 15) is 4.79 Å². The molecule has 0 aliphatic carbocycles. The van der Waals surface area contributed by atoms with Crippen LogP contribution in [0.3, 0.4) is 0 Å². The van der Waals surface area contributed by atoms with Gasteiger partial charge in [0.05, 0.1) is 13.7 Å². The molecule has 0 spiro atoms. The fraction of sp³-hybridized carbons (Fsp3) is 0.286. The summed E-state index contributed by atoms with van der Waals surface area (Å²) in [6.07, 6.45) is 0.149. The fourth-order valence-electron chi connectivity index (χ4n) is 2.48. The van der Waals surface area contributed by atoms with E-state index in [1.54, 1.807) is 25.1 Å². The van der Waals surface area contributed by atoms with E-state index in [2.05, 4.69) is 15.5 Å². The molecule has 0 fully saturated rings. The Bertz CT molecular complexity index is 939. The molecular weight excluding hydrogens is 374 g/mol. The average Bonchev–Trinajstić information content (AvgIpc) is 3.21. The van der Waals surface area contributed by atoms with Gasteiger partial charge in [0.25, 0.3) is 17.7 Å². The van der Waals surface area contributed by atoms with Gasteiger partial charge in [-0.2, -0.15) is 4.98 Å². The molecule has 29 heavy (non-hydrogen) atoms. The van der Waals surface area contributed by atoms with Crippen LogP contribution in [0.15, 0.2) is 53.1 Å². The molecule has 3 aromatic rings. The standard InChI is InChI=1S/C21H23N3O5/c1-4-13-27-16-11-9-15(10-12-16)20-23-21(24-29-20)22-19(25)14(2)28-18-8-6-5-7-17(18)26-3/h5-12,14H,4,13H2,1-3H3,(H,22,24,25)/t14-/m0/s1. The summed E-state index contributed by atoms with van der Waals surface area (Å²) in [5.41, 5.74) is 0.722. The van der Waals surface area contributed by atoms with Gasteiger partial charge in [0, 0.05) is 5.56 Å². The summed E-state index contributed by atoms with van der Waals surface area (Å²) in [6, 6.07) is 14.4. The second-order valence-electron chi connectivity index (χ2n) is 6.20. The highest BCUT2D eigenvalue weighted by atomic mass is 16.5. The number of nitrogens with zero attached hydrogens (tertiary/aromatic N) is 2. The van der Waals surface area contributed by atoms with Crippen LogP contribution >= 0.6 is 0 Å². The Balaban J connectivity index is 1.61. The van der Waals surface area contributed by atoms with E-state index in [1.165, 1.54) is 7.11 Å². The van der Waals surface area contributed by atoms with E-state index in [-0.39, 0.29) is 5.95 Å². The van der Waals surface area contributed by atoms with Crippen LogP contribution in [0, 0.1) is 0 Å². The summed E-state index contributed by atoms with van der Waals surface area (Å²) in [7, 11) is 1.54.